The van der Waals surface area contributed by atoms with E-state index >= 15 is 0 Å². The predicted octanol–water partition coefficient (Wildman–Crippen LogP) is 7.02. The second-order valence-electron chi connectivity index (χ2n) is 8.19. The van der Waals surface area contributed by atoms with Gasteiger partial charge in [0, 0.05) is 16.8 Å². The first-order chi connectivity index (χ1) is 16.4. The minimum absolute atomic E-state index is 0.137. The standard InChI is InChI=1S/C29H25N3OS/c1-19-9-13-22(14-10-19)25-17-27(23-7-5-4-6-8-23)32-29(26(25)18-30)34-21(3)28(33)31-24-15-11-20(2)12-16-24/h4-17,21H,1-3H3,(H,31,33). The van der Waals surface area contributed by atoms with E-state index in [1.807, 2.05) is 106 Å². The van der Waals surface area contributed by atoms with Crippen molar-refractivity contribution in [2.45, 2.75) is 31.0 Å². The maximum absolute atomic E-state index is 12.9. The Balaban J connectivity index is 1.72. The monoisotopic (exact) mass is 463 g/mol. The Morgan fingerprint density at radius 3 is 2.15 bits per heavy atom. The Bertz CT molecular complexity index is 1340. The molecule has 0 bridgehead atoms. The van der Waals surface area contributed by atoms with E-state index in [9.17, 15) is 10.1 Å². The van der Waals surface area contributed by atoms with Gasteiger partial charge in [0.1, 0.15) is 11.1 Å². The van der Waals surface area contributed by atoms with Gasteiger partial charge < -0.3 is 5.32 Å². The van der Waals surface area contributed by atoms with Crippen molar-refractivity contribution in [1.82, 2.24) is 4.98 Å². The Labute approximate surface area is 204 Å². The molecule has 0 saturated carbocycles. The first kappa shape index (κ1) is 23.3. The lowest BCUT2D eigenvalue weighted by molar-refractivity contribution is -0.115. The predicted molar refractivity (Wildman–Crippen MR) is 140 cm³/mol. The number of amides is 1. The van der Waals surface area contributed by atoms with E-state index in [-0.39, 0.29) is 5.91 Å². The number of nitrogens with zero attached hydrogens (tertiary/aromatic N) is 2. The van der Waals surface area contributed by atoms with Gasteiger partial charge in [0.15, 0.2) is 0 Å². The summed E-state index contributed by atoms with van der Waals surface area (Å²) in [5.41, 5.74) is 6.98. The highest BCUT2D eigenvalue weighted by atomic mass is 32.2. The number of nitrogens with one attached hydrogen (secondary N) is 1. The van der Waals surface area contributed by atoms with Crippen LogP contribution in [0.4, 0.5) is 5.69 Å². The molecule has 3 aromatic carbocycles. The summed E-state index contributed by atoms with van der Waals surface area (Å²) in [5.74, 6) is -0.137. The number of aryl methyl sites for hydroxylation is 2. The van der Waals surface area contributed by atoms with Crippen molar-refractivity contribution in [2.24, 2.45) is 0 Å². The second kappa shape index (κ2) is 10.4. The summed E-state index contributed by atoms with van der Waals surface area (Å²) in [4.78, 5) is 17.7. The SMILES string of the molecule is Cc1ccc(NC(=O)C(C)Sc2nc(-c3ccccc3)cc(-c3ccc(C)cc3)c2C#N)cc1. The van der Waals surface area contributed by atoms with Gasteiger partial charge in [-0.25, -0.2) is 4.98 Å². The number of aromatic nitrogens is 1. The van der Waals surface area contributed by atoms with Crippen LogP contribution in [0.5, 0.6) is 0 Å². The Morgan fingerprint density at radius 2 is 1.53 bits per heavy atom. The van der Waals surface area contributed by atoms with Crippen LogP contribution in [0.2, 0.25) is 0 Å². The van der Waals surface area contributed by atoms with Crippen molar-refractivity contribution >= 4 is 23.4 Å². The quantitative estimate of drug-likeness (QED) is 0.312. The van der Waals surface area contributed by atoms with Crippen LogP contribution in [0.25, 0.3) is 22.4 Å². The normalized spacial score (nSPS) is 11.5. The van der Waals surface area contributed by atoms with E-state index in [4.69, 9.17) is 4.98 Å². The first-order valence-corrected chi connectivity index (χ1v) is 11.9. The highest BCUT2D eigenvalue weighted by Crippen LogP contribution is 2.36. The summed E-state index contributed by atoms with van der Waals surface area (Å²) in [6.45, 7) is 5.87. The van der Waals surface area contributed by atoms with Gasteiger partial charge in [0.25, 0.3) is 0 Å². The van der Waals surface area contributed by atoms with Gasteiger partial charge in [0.2, 0.25) is 5.91 Å². The average Bonchev–Trinajstić information content (AvgIpc) is 2.86. The summed E-state index contributed by atoms with van der Waals surface area (Å²) in [5, 5.41) is 13.1. The van der Waals surface area contributed by atoms with Crippen LogP contribution in [-0.4, -0.2) is 16.1 Å². The zero-order valence-electron chi connectivity index (χ0n) is 19.4. The third-order valence-corrected chi connectivity index (χ3v) is 6.59. The second-order valence-corrected chi connectivity index (χ2v) is 9.52. The molecule has 1 atom stereocenters. The van der Waals surface area contributed by atoms with E-state index in [2.05, 4.69) is 11.4 Å². The molecule has 1 N–H and O–H groups in total. The lowest BCUT2D eigenvalue weighted by Crippen LogP contribution is -2.22. The number of anilines is 1. The summed E-state index contributed by atoms with van der Waals surface area (Å²) >= 11 is 1.30. The Morgan fingerprint density at radius 1 is 0.912 bits per heavy atom. The molecule has 4 aromatic rings. The van der Waals surface area contributed by atoms with E-state index in [1.54, 1.807) is 0 Å². The number of rotatable bonds is 6. The van der Waals surface area contributed by atoms with Crippen LogP contribution < -0.4 is 5.32 Å². The molecule has 5 heteroatoms. The molecule has 4 nitrogen and oxygen atoms in total. The molecule has 0 saturated heterocycles. The number of hydrogen-bond donors (Lipinski definition) is 1. The summed E-state index contributed by atoms with van der Waals surface area (Å²) in [6, 6.07) is 30.0. The van der Waals surface area contributed by atoms with Gasteiger partial charge in [-0.2, -0.15) is 5.26 Å². The van der Waals surface area contributed by atoms with Gasteiger partial charge in [-0.05, 0) is 44.5 Å². The highest BCUT2D eigenvalue weighted by molar-refractivity contribution is 8.00. The summed E-state index contributed by atoms with van der Waals surface area (Å²) in [6.07, 6.45) is 0. The number of carbonyl (C=O) groups is 1. The minimum atomic E-state index is -0.446. The number of pyridine rings is 1. The number of carbonyl (C=O) groups excluding carboxylic acids is 1. The number of hydrogen-bond acceptors (Lipinski definition) is 4. The average molecular weight is 464 g/mol. The van der Waals surface area contributed by atoms with Gasteiger partial charge in [0.05, 0.1) is 16.5 Å². The van der Waals surface area contributed by atoms with Crippen LogP contribution in [0.1, 0.15) is 23.6 Å². The maximum Gasteiger partial charge on any atom is 0.237 e. The van der Waals surface area contributed by atoms with Crippen molar-refractivity contribution in [3.8, 4) is 28.5 Å². The fourth-order valence-electron chi connectivity index (χ4n) is 3.53. The molecule has 0 aliphatic carbocycles. The fraction of sp³-hybridized carbons (Fsp3) is 0.138. The Hall–Kier alpha value is -3.88. The molecule has 0 fully saturated rings. The number of nitriles is 1. The maximum atomic E-state index is 12.9. The van der Waals surface area contributed by atoms with E-state index in [0.717, 1.165) is 39.2 Å². The number of thioether (sulfide) groups is 1. The van der Waals surface area contributed by atoms with Gasteiger partial charge in [-0.15, -0.1) is 0 Å². The number of benzene rings is 3. The molecule has 1 aromatic heterocycles. The molecule has 0 radical (unpaired) electrons. The van der Waals surface area contributed by atoms with E-state index < -0.39 is 5.25 Å². The van der Waals surface area contributed by atoms with Crippen molar-refractivity contribution in [1.29, 1.82) is 5.26 Å². The molecule has 1 heterocycles. The third-order valence-electron chi connectivity index (χ3n) is 5.51. The van der Waals surface area contributed by atoms with Crippen molar-refractivity contribution < 1.29 is 4.79 Å². The van der Waals surface area contributed by atoms with Crippen LogP contribution in [0.3, 0.4) is 0 Å². The molecule has 1 amide bonds. The fourth-order valence-corrected chi connectivity index (χ4v) is 4.46. The lowest BCUT2D eigenvalue weighted by atomic mass is 9.98. The van der Waals surface area contributed by atoms with Gasteiger partial charge in [-0.1, -0.05) is 89.6 Å². The lowest BCUT2D eigenvalue weighted by Gasteiger charge is -2.16. The molecular formula is C29H25N3OS. The summed E-state index contributed by atoms with van der Waals surface area (Å²) < 4.78 is 0. The van der Waals surface area contributed by atoms with Crippen molar-refractivity contribution in [3.05, 3.63) is 102 Å². The zero-order valence-corrected chi connectivity index (χ0v) is 20.2. The largest absolute Gasteiger partial charge is 0.325 e. The molecule has 0 spiro atoms. The minimum Gasteiger partial charge on any atom is -0.325 e. The Kier molecular flexibility index (Phi) is 7.10. The van der Waals surface area contributed by atoms with Crippen LogP contribution in [0.15, 0.2) is 90.0 Å². The molecule has 1 unspecified atom stereocenters. The third kappa shape index (κ3) is 5.36. The molecule has 4 rings (SSSR count). The van der Waals surface area contributed by atoms with Crippen molar-refractivity contribution in [2.75, 3.05) is 5.32 Å². The molecule has 34 heavy (non-hydrogen) atoms. The van der Waals surface area contributed by atoms with Crippen molar-refractivity contribution in [3.63, 3.8) is 0 Å². The smallest absolute Gasteiger partial charge is 0.237 e. The first-order valence-electron chi connectivity index (χ1n) is 11.1. The van der Waals surface area contributed by atoms with E-state index in [1.165, 1.54) is 11.8 Å². The highest BCUT2D eigenvalue weighted by Gasteiger charge is 2.21. The van der Waals surface area contributed by atoms with Crippen LogP contribution in [-0.2, 0) is 4.79 Å². The van der Waals surface area contributed by atoms with Crippen LogP contribution >= 0.6 is 11.8 Å². The van der Waals surface area contributed by atoms with Crippen LogP contribution in [0, 0.1) is 25.2 Å². The molecule has 168 valence electrons. The zero-order chi connectivity index (χ0) is 24.1. The molecule has 0 aliphatic heterocycles. The van der Waals surface area contributed by atoms with E-state index in [0.29, 0.717) is 10.6 Å². The topological polar surface area (TPSA) is 65.8 Å². The van der Waals surface area contributed by atoms with Gasteiger partial charge >= 0.3 is 0 Å². The summed E-state index contributed by atoms with van der Waals surface area (Å²) in [7, 11) is 0. The molecule has 0 aliphatic rings. The molecular weight excluding hydrogens is 438 g/mol. The van der Waals surface area contributed by atoms with Gasteiger partial charge in [-0.3, -0.25) is 4.79 Å².